The maximum absolute atomic E-state index is 11.0. The Morgan fingerprint density at radius 1 is 1.33 bits per heavy atom. The number of nitrogens with zero attached hydrogens (tertiary/aromatic N) is 2. The zero-order valence-corrected chi connectivity index (χ0v) is 12.1. The summed E-state index contributed by atoms with van der Waals surface area (Å²) in [5.74, 6) is 8.35. The molecule has 18 heavy (non-hydrogen) atoms. The van der Waals surface area contributed by atoms with E-state index in [-0.39, 0.29) is 5.92 Å². The van der Waals surface area contributed by atoms with Crippen molar-refractivity contribution in [1.82, 2.24) is 9.97 Å². The molecule has 1 aromatic heterocycles. The van der Waals surface area contributed by atoms with Gasteiger partial charge < -0.3 is 10.7 Å². The van der Waals surface area contributed by atoms with Crippen LogP contribution in [0, 0.1) is 6.92 Å². The first-order valence-electron chi connectivity index (χ1n) is 5.84. The Bertz CT molecular complexity index is 436. The predicted molar refractivity (Wildman–Crippen MR) is 76.1 cm³/mol. The lowest BCUT2D eigenvalue weighted by molar-refractivity contribution is 0.687. The zero-order chi connectivity index (χ0) is 13.7. The molecule has 0 saturated carbocycles. The Morgan fingerprint density at radius 2 is 1.94 bits per heavy atom. The van der Waals surface area contributed by atoms with Gasteiger partial charge >= 0.3 is 0 Å². The van der Waals surface area contributed by atoms with Gasteiger partial charge in [0.25, 0.3) is 0 Å². The van der Waals surface area contributed by atoms with Crippen molar-refractivity contribution in [2.75, 3.05) is 29.3 Å². The summed E-state index contributed by atoms with van der Waals surface area (Å²) >= 11 is 0. The van der Waals surface area contributed by atoms with Gasteiger partial charge in [-0.15, -0.1) is 0 Å². The molecule has 0 aliphatic heterocycles. The molecular weight excluding hydrogens is 250 g/mol. The van der Waals surface area contributed by atoms with Gasteiger partial charge in [0.2, 0.25) is 0 Å². The van der Waals surface area contributed by atoms with Gasteiger partial charge in [-0.2, -0.15) is 0 Å². The zero-order valence-electron chi connectivity index (χ0n) is 11.3. The number of hydrogen-bond acceptors (Lipinski definition) is 6. The highest BCUT2D eigenvalue weighted by Crippen LogP contribution is 2.22. The van der Waals surface area contributed by atoms with Gasteiger partial charge in [0.1, 0.15) is 17.5 Å². The van der Waals surface area contributed by atoms with E-state index in [9.17, 15) is 4.21 Å². The predicted octanol–water partition coefficient (Wildman–Crippen LogP) is 0.984. The minimum atomic E-state index is -0.813. The minimum absolute atomic E-state index is 0.221. The number of hydrazine groups is 1. The first-order valence-corrected chi connectivity index (χ1v) is 7.57. The molecule has 1 heterocycles. The van der Waals surface area contributed by atoms with Gasteiger partial charge in [0, 0.05) is 40.8 Å². The quantitative estimate of drug-likeness (QED) is 0.527. The standard InChI is InChI=1S/C11H21N5OS/c1-7(2)9-14-10(13-5-6-18(4)17)8(3)11(15-9)16-12/h7H,5-6,12H2,1-4H3,(H2,13,14,15,16). The van der Waals surface area contributed by atoms with Crippen molar-refractivity contribution in [3.8, 4) is 0 Å². The Hall–Kier alpha value is -1.21. The Balaban J connectivity index is 2.94. The molecule has 0 amide bonds. The lowest BCUT2D eigenvalue weighted by atomic mass is 10.2. The monoisotopic (exact) mass is 271 g/mol. The summed E-state index contributed by atoms with van der Waals surface area (Å²) in [6.07, 6.45) is 1.68. The van der Waals surface area contributed by atoms with Crippen LogP contribution in [0.4, 0.5) is 11.6 Å². The summed E-state index contributed by atoms with van der Waals surface area (Å²) in [5, 5.41) is 3.17. The molecule has 6 nitrogen and oxygen atoms in total. The second-order valence-electron chi connectivity index (χ2n) is 4.41. The first-order chi connectivity index (χ1) is 8.45. The maximum Gasteiger partial charge on any atom is 0.148 e. The van der Waals surface area contributed by atoms with Crippen LogP contribution in [-0.4, -0.2) is 32.7 Å². The molecule has 1 rings (SSSR count). The summed E-state index contributed by atoms with van der Waals surface area (Å²) in [7, 11) is -0.813. The van der Waals surface area contributed by atoms with Gasteiger partial charge in [-0.25, -0.2) is 15.8 Å². The third-order valence-electron chi connectivity index (χ3n) is 2.50. The Morgan fingerprint density at radius 3 is 2.44 bits per heavy atom. The molecule has 1 atom stereocenters. The van der Waals surface area contributed by atoms with Gasteiger partial charge in [-0.1, -0.05) is 13.8 Å². The van der Waals surface area contributed by atoms with Crippen LogP contribution in [0.15, 0.2) is 0 Å². The van der Waals surface area contributed by atoms with E-state index in [2.05, 4.69) is 20.7 Å². The molecule has 0 spiro atoms. The largest absolute Gasteiger partial charge is 0.369 e. The summed E-state index contributed by atoms with van der Waals surface area (Å²) < 4.78 is 11.0. The van der Waals surface area contributed by atoms with Gasteiger partial charge in [0.05, 0.1) is 0 Å². The van der Waals surface area contributed by atoms with Crippen molar-refractivity contribution >= 4 is 22.4 Å². The van der Waals surface area contributed by atoms with Crippen molar-refractivity contribution in [3.63, 3.8) is 0 Å². The van der Waals surface area contributed by atoms with Gasteiger partial charge in [-0.3, -0.25) is 4.21 Å². The fourth-order valence-electron chi connectivity index (χ4n) is 1.42. The van der Waals surface area contributed by atoms with Crippen molar-refractivity contribution in [1.29, 1.82) is 0 Å². The number of nitrogens with two attached hydrogens (primary N) is 1. The maximum atomic E-state index is 11.0. The van der Waals surface area contributed by atoms with Gasteiger partial charge in [0.15, 0.2) is 0 Å². The molecule has 0 radical (unpaired) electrons. The van der Waals surface area contributed by atoms with Crippen LogP contribution in [0.2, 0.25) is 0 Å². The molecule has 0 aliphatic carbocycles. The molecule has 0 fully saturated rings. The lowest BCUT2D eigenvalue weighted by Crippen LogP contribution is -2.17. The van der Waals surface area contributed by atoms with E-state index in [1.54, 1.807) is 6.26 Å². The summed E-state index contributed by atoms with van der Waals surface area (Å²) in [6, 6.07) is 0. The van der Waals surface area contributed by atoms with E-state index >= 15 is 0 Å². The molecule has 7 heteroatoms. The third kappa shape index (κ3) is 3.92. The average molecular weight is 271 g/mol. The molecule has 1 unspecified atom stereocenters. The van der Waals surface area contributed by atoms with Crippen molar-refractivity contribution in [2.45, 2.75) is 26.7 Å². The average Bonchev–Trinajstić information content (AvgIpc) is 2.30. The van der Waals surface area contributed by atoms with Crippen LogP contribution in [0.1, 0.15) is 31.2 Å². The minimum Gasteiger partial charge on any atom is -0.369 e. The topological polar surface area (TPSA) is 92.9 Å². The van der Waals surface area contributed by atoms with E-state index in [4.69, 9.17) is 5.84 Å². The SMILES string of the molecule is Cc1c(NN)nc(C(C)C)nc1NCCS(C)=O. The number of nitrogen functional groups attached to an aromatic ring is 1. The van der Waals surface area contributed by atoms with Crippen LogP contribution >= 0.6 is 0 Å². The molecular formula is C11H21N5OS. The van der Waals surface area contributed by atoms with Crippen molar-refractivity contribution in [2.24, 2.45) is 5.84 Å². The van der Waals surface area contributed by atoms with Gasteiger partial charge in [-0.05, 0) is 6.92 Å². The third-order valence-corrected chi connectivity index (χ3v) is 3.28. The highest BCUT2D eigenvalue weighted by Gasteiger charge is 2.12. The van der Waals surface area contributed by atoms with E-state index in [0.29, 0.717) is 18.1 Å². The molecule has 4 N–H and O–H groups in total. The van der Waals surface area contributed by atoms with Crippen LogP contribution in [0.5, 0.6) is 0 Å². The van der Waals surface area contributed by atoms with Crippen LogP contribution in [0.3, 0.4) is 0 Å². The highest BCUT2D eigenvalue weighted by atomic mass is 32.2. The molecule has 0 aromatic carbocycles. The summed E-state index contributed by atoms with van der Waals surface area (Å²) in [5.41, 5.74) is 3.44. The second-order valence-corrected chi connectivity index (χ2v) is 5.96. The fourth-order valence-corrected chi connectivity index (χ4v) is 1.81. The van der Waals surface area contributed by atoms with Crippen LogP contribution in [-0.2, 0) is 10.8 Å². The van der Waals surface area contributed by atoms with Crippen molar-refractivity contribution < 1.29 is 4.21 Å². The summed E-state index contributed by atoms with van der Waals surface area (Å²) in [4.78, 5) is 8.81. The van der Waals surface area contributed by atoms with E-state index < -0.39 is 10.8 Å². The molecule has 0 aliphatic rings. The van der Waals surface area contributed by atoms with E-state index in [0.717, 1.165) is 17.2 Å². The smallest absolute Gasteiger partial charge is 0.148 e. The van der Waals surface area contributed by atoms with Crippen molar-refractivity contribution in [3.05, 3.63) is 11.4 Å². The molecule has 1 aromatic rings. The Kier molecular flexibility index (Phi) is 5.49. The molecule has 102 valence electrons. The Labute approximate surface area is 110 Å². The lowest BCUT2D eigenvalue weighted by Gasteiger charge is -2.14. The number of hydrogen-bond donors (Lipinski definition) is 3. The van der Waals surface area contributed by atoms with E-state index in [1.165, 1.54) is 0 Å². The van der Waals surface area contributed by atoms with E-state index in [1.807, 2.05) is 20.8 Å². The van der Waals surface area contributed by atoms with Crippen LogP contribution < -0.4 is 16.6 Å². The molecule has 0 saturated heterocycles. The second kappa shape index (κ2) is 6.65. The molecule has 0 bridgehead atoms. The van der Waals surface area contributed by atoms with Crippen LogP contribution in [0.25, 0.3) is 0 Å². The first kappa shape index (κ1) is 14.8. The number of rotatable bonds is 6. The normalized spacial score (nSPS) is 12.6. The number of aromatic nitrogens is 2. The fraction of sp³-hybridized carbons (Fsp3) is 0.636. The summed E-state index contributed by atoms with van der Waals surface area (Å²) in [6.45, 7) is 6.55. The number of nitrogens with one attached hydrogen (secondary N) is 2. The number of anilines is 2. The highest BCUT2D eigenvalue weighted by molar-refractivity contribution is 7.84.